The Morgan fingerprint density at radius 1 is 1.00 bits per heavy atom. The van der Waals surface area contributed by atoms with Gasteiger partial charge in [-0.05, 0) is 36.1 Å². The molecule has 0 aliphatic carbocycles. The summed E-state index contributed by atoms with van der Waals surface area (Å²) in [5.41, 5.74) is 3.66. The normalized spacial score (nSPS) is 11.9. The molecule has 2 aromatic carbocycles. The van der Waals surface area contributed by atoms with Crippen LogP contribution in [-0.4, -0.2) is 25.0 Å². The molecule has 27 heavy (non-hydrogen) atoms. The minimum Gasteiger partial charge on any atom is -0.380 e. The van der Waals surface area contributed by atoms with Crippen molar-refractivity contribution in [1.29, 1.82) is 0 Å². The Labute approximate surface area is 161 Å². The fraction of sp³-hybridized carbons (Fsp3) is 0.364. The third kappa shape index (κ3) is 5.93. The maximum atomic E-state index is 12.7. The van der Waals surface area contributed by atoms with Crippen molar-refractivity contribution in [3.05, 3.63) is 70.8 Å². The highest BCUT2D eigenvalue weighted by Crippen LogP contribution is 2.11. The van der Waals surface area contributed by atoms with Gasteiger partial charge in [0.2, 0.25) is 5.91 Å². The van der Waals surface area contributed by atoms with E-state index in [1.165, 1.54) is 0 Å². The molecule has 2 rings (SSSR count). The monoisotopic (exact) mass is 368 g/mol. The predicted molar refractivity (Wildman–Crippen MR) is 106 cm³/mol. The number of hydrogen-bond donors (Lipinski definition) is 2. The number of carbonyl (C=O) groups is 2. The number of amides is 2. The molecule has 0 aliphatic rings. The summed E-state index contributed by atoms with van der Waals surface area (Å²) in [6.07, 6.45) is 0. The molecule has 1 atom stereocenters. The molecule has 5 nitrogen and oxygen atoms in total. The standard InChI is InChI=1S/C22H28N2O3/c1-15(2)20(24-21(25)17-11-9-16(3)10-12-17)22(26)23-13-18-7-5-6-8-19(18)14-27-4/h5-12,15,20H,13-14H2,1-4H3,(H,23,26)(H,24,25). The zero-order valence-electron chi connectivity index (χ0n) is 16.4. The van der Waals surface area contributed by atoms with Crippen LogP contribution in [0, 0.1) is 12.8 Å². The summed E-state index contributed by atoms with van der Waals surface area (Å²) in [5.74, 6) is -0.477. The molecule has 0 aromatic heterocycles. The Hall–Kier alpha value is -2.66. The molecule has 0 heterocycles. The Kier molecular flexibility index (Phi) is 7.55. The van der Waals surface area contributed by atoms with Crippen LogP contribution in [0.4, 0.5) is 0 Å². The lowest BCUT2D eigenvalue weighted by Crippen LogP contribution is -2.49. The molecule has 5 heteroatoms. The Balaban J connectivity index is 2.02. The highest BCUT2D eigenvalue weighted by atomic mass is 16.5. The van der Waals surface area contributed by atoms with Crippen molar-refractivity contribution >= 4 is 11.8 Å². The minimum atomic E-state index is -0.603. The molecule has 0 aliphatic heterocycles. The first-order valence-electron chi connectivity index (χ1n) is 9.13. The van der Waals surface area contributed by atoms with Crippen LogP contribution in [-0.2, 0) is 22.7 Å². The van der Waals surface area contributed by atoms with Gasteiger partial charge in [-0.15, -0.1) is 0 Å². The lowest BCUT2D eigenvalue weighted by molar-refractivity contribution is -0.124. The van der Waals surface area contributed by atoms with Gasteiger partial charge in [-0.3, -0.25) is 9.59 Å². The van der Waals surface area contributed by atoms with Gasteiger partial charge in [0.15, 0.2) is 0 Å². The number of ether oxygens (including phenoxy) is 1. The minimum absolute atomic E-state index is 0.0337. The number of nitrogens with one attached hydrogen (secondary N) is 2. The van der Waals surface area contributed by atoms with Crippen LogP contribution in [0.15, 0.2) is 48.5 Å². The molecule has 0 radical (unpaired) electrons. The van der Waals surface area contributed by atoms with Crippen molar-refractivity contribution < 1.29 is 14.3 Å². The fourth-order valence-electron chi connectivity index (χ4n) is 2.78. The van der Waals surface area contributed by atoms with E-state index in [1.54, 1.807) is 19.2 Å². The second-order valence-corrected chi connectivity index (χ2v) is 6.98. The maximum Gasteiger partial charge on any atom is 0.251 e. The lowest BCUT2D eigenvalue weighted by Gasteiger charge is -2.22. The summed E-state index contributed by atoms with van der Waals surface area (Å²) < 4.78 is 5.20. The molecule has 0 saturated heterocycles. The van der Waals surface area contributed by atoms with Gasteiger partial charge >= 0.3 is 0 Å². The van der Waals surface area contributed by atoms with Crippen LogP contribution in [0.2, 0.25) is 0 Å². The number of aryl methyl sites for hydroxylation is 1. The summed E-state index contributed by atoms with van der Waals surface area (Å²) in [6, 6.07) is 14.5. The highest BCUT2D eigenvalue weighted by molar-refractivity contribution is 5.97. The molecule has 0 saturated carbocycles. The molecular weight excluding hydrogens is 340 g/mol. The Bertz CT molecular complexity index is 769. The number of rotatable bonds is 8. The fourth-order valence-corrected chi connectivity index (χ4v) is 2.78. The molecule has 0 fully saturated rings. The lowest BCUT2D eigenvalue weighted by atomic mass is 10.0. The zero-order chi connectivity index (χ0) is 19.8. The first-order valence-corrected chi connectivity index (χ1v) is 9.13. The van der Waals surface area contributed by atoms with E-state index in [0.717, 1.165) is 16.7 Å². The van der Waals surface area contributed by atoms with Gasteiger partial charge in [-0.2, -0.15) is 0 Å². The number of carbonyl (C=O) groups excluding carboxylic acids is 2. The van der Waals surface area contributed by atoms with Crippen LogP contribution in [0.5, 0.6) is 0 Å². The molecule has 0 spiro atoms. The Morgan fingerprint density at radius 2 is 1.63 bits per heavy atom. The average molecular weight is 368 g/mol. The summed E-state index contributed by atoms with van der Waals surface area (Å²) in [5, 5.41) is 5.79. The summed E-state index contributed by atoms with van der Waals surface area (Å²) in [7, 11) is 1.64. The number of methoxy groups -OCH3 is 1. The van der Waals surface area contributed by atoms with E-state index in [0.29, 0.717) is 18.7 Å². The third-order valence-corrected chi connectivity index (χ3v) is 4.42. The number of hydrogen-bond acceptors (Lipinski definition) is 3. The van der Waals surface area contributed by atoms with E-state index >= 15 is 0 Å². The summed E-state index contributed by atoms with van der Waals surface area (Å²) in [6.45, 7) is 6.68. The highest BCUT2D eigenvalue weighted by Gasteiger charge is 2.24. The molecule has 2 N–H and O–H groups in total. The van der Waals surface area contributed by atoms with Crippen molar-refractivity contribution in [2.24, 2.45) is 5.92 Å². The molecular formula is C22H28N2O3. The zero-order valence-corrected chi connectivity index (χ0v) is 16.4. The van der Waals surface area contributed by atoms with Gasteiger partial charge in [-0.25, -0.2) is 0 Å². The second-order valence-electron chi connectivity index (χ2n) is 6.98. The smallest absolute Gasteiger partial charge is 0.251 e. The SMILES string of the molecule is COCc1ccccc1CNC(=O)C(NC(=O)c1ccc(C)cc1)C(C)C. The van der Waals surface area contributed by atoms with Crippen molar-refractivity contribution in [1.82, 2.24) is 10.6 Å². The largest absolute Gasteiger partial charge is 0.380 e. The molecule has 2 amide bonds. The summed E-state index contributed by atoms with van der Waals surface area (Å²) >= 11 is 0. The van der Waals surface area contributed by atoms with Gasteiger partial charge in [0.1, 0.15) is 6.04 Å². The van der Waals surface area contributed by atoms with Gasteiger partial charge in [0.05, 0.1) is 6.61 Å². The quantitative estimate of drug-likeness (QED) is 0.752. The van der Waals surface area contributed by atoms with Crippen LogP contribution >= 0.6 is 0 Å². The first kappa shape index (κ1) is 20.6. The van der Waals surface area contributed by atoms with E-state index in [9.17, 15) is 9.59 Å². The van der Waals surface area contributed by atoms with Gasteiger partial charge in [0, 0.05) is 19.2 Å². The average Bonchev–Trinajstić information content (AvgIpc) is 2.65. The van der Waals surface area contributed by atoms with Crippen molar-refractivity contribution in [3.8, 4) is 0 Å². The van der Waals surface area contributed by atoms with Crippen LogP contribution in [0.1, 0.15) is 40.9 Å². The van der Waals surface area contributed by atoms with Crippen LogP contribution in [0.3, 0.4) is 0 Å². The third-order valence-electron chi connectivity index (χ3n) is 4.42. The van der Waals surface area contributed by atoms with E-state index < -0.39 is 6.04 Å². The predicted octanol–water partition coefficient (Wildman–Crippen LogP) is 3.21. The van der Waals surface area contributed by atoms with Gasteiger partial charge in [0.25, 0.3) is 5.91 Å². The van der Waals surface area contributed by atoms with E-state index in [4.69, 9.17) is 4.74 Å². The Morgan fingerprint density at radius 3 is 2.22 bits per heavy atom. The van der Waals surface area contributed by atoms with Crippen LogP contribution in [0.25, 0.3) is 0 Å². The van der Waals surface area contributed by atoms with Gasteiger partial charge < -0.3 is 15.4 Å². The second kappa shape index (κ2) is 9.88. The van der Waals surface area contributed by atoms with Gasteiger partial charge in [-0.1, -0.05) is 55.8 Å². The summed E-state index contributed by atoms with van der Waals surface area (Å²) in [4.78, 5) is 25.2. The van der Waals surface area contributed by atoms with E-state index in [2.05, 4.69) is 10.6 Å². The van der Waals surface area contributed by atoms with Crippen LogP contribution < -0.4 is 10.6 Å². The van der Waals surface area contributed by atoms with Crippen molar-refractivity contribution in [2.45, 2.75) is 40.0 Å². The van der Waals surface area contributed by atoms with E-state index in [1.807, 2.05) is 57.2 Å². The number of benzene rings is 2. The van der Waals surface area contributed by atoms with E-state index in [-0.39, 0.29) is 17.7 Å². The molecule has 144 valence electrons. The molecule has 0 bridgehead atoms. The maximum absolute atomic E-state index is 12.7. The molecule has 1 unspecified atom stereocenters. The van der Waals surface area contributed by atoms with Crippen molar-refractivity contribution in [2.75, 3.05) is 7.11 Å². The topological polar surface area (TPSA) is 67.4 Å². The molecule has 2 aromatic rings. The first-order chi connectivity index (χ1) is 12.9. The van der Waals surface area contributed by atoms with Crippen molar-refractivity contribution in [3.63, 3.8) is 0 Å².